The fourth-order valence-corrected chi connectivity index (χ4v) is 2.79. The molecule has 102 valence electrons. The second-order valence-corrected chi connectivity index (χ2v) is 5.14. The molecule has 1 heterocycles. The number of rotatable bonds is 7. The molecule has 1 aromatic heterocycles. The van der Waals surface area contributed by atoms with E-state index < -0.39 is 0 Å². The van der Waals surface area contributed by atoms with Crippen LogP contribution in [0.2, 0.25) is 0 Å². The molecule has 0 amide bonds. The van der Waals surface area contributed by atoms with Gasteiger partial charge in [-0.3, -0.25) is 4.68 Å². The van der Waals surface area contributed by atoms with Gasteiger partial charge >= 0.3 is 0 Å². The summed E-state index contributed by atoms with van der Waals surface area (Å²) in [5.74, 6) is 0. The van der Waals surface area contributed by atoms with Crippen molar-refractivity contribution in [1.82, 2.24) is 15.1 Å². The monoisotopic (exact) mass is 251 g/mol. The normalized spacial score (nSPS) is 18.3. The van der Waals surface area contributed by atoms with E-state index >= 15 is 0 Å². The van der Waals surface area contributed by atoms with Gasteiger partial charge in [-0.05, 0) is 25.5 Å². The molecular weight excluding hydrogens is 226 g/mol. The van der Waals surface area contributed by atoms with Crippen molar-refractivity contribution in [3.05, 3.63) is 18.0 Å². The summed E-state index contributed by atoms with van der Waals surface area (Å²) >= 11 is 0. The van der Waals surface area contributed by atoms with Crippen molar-refractivity contribution in [2.24, 2.45) is 0 Å². The molecule has 0 spiro atoms. The number of ether oxygens (including phenoxy) is 1. The Hall–Kier alpha value is -0.870. The Balaban J connectivity index is 1.91. The van der Waals surface area contributed by atoms with Crippen molar-refractivity contribution in [3.8, 4) is 0 Å². The van der Waals surface area contributed by atoms with Gasteiger partial charge in [0.25, 0.3) is 0 Å². The number of hydrogen-bond acceptors (Lipinski definition) is 3. The van der Waals surface area contributed by atoms with Gasteiger partial charge in [0.2, 0.25) is 0 Å². The minimum Gasteiger partial charge on any atom is -0.383 e. The molecule has 18 heavy (non-hydrogen) atoms. The lowest BCUT2D eigenvalue weighted by atomic mass is 10.1. The van der Waals surface area contributed by atoms with E-state index in [0.29, 0.717) is 12.1 Å². The molecule has 1 saturated carbocycles. The molecule has 1 atom stereocenters. The van der Waals surface area contributed by atoms with Crippen LogP contribution in [0.15, 0.2) is 12.3 Å². The van der Waals surface area contributed by atoms with Crippen molar-refractivity contribution in [2.45, 2.75) is 51.1 Å². The van der Waals surface area contributed by atoms with Crippen molar-refractivity contribution < 1.29 is 4.74 Å². The van der Waals surface area contributed by atoms with Crippen molar-refractivity contribution >= 4 is 0 Å². The van der Waals surface area contributed by atoms with Gasteiger partial charge in [0, 0.05) is 25.8 Å². The molecule has 0 radical (unpaired) electrons. The van der Waals surface area contributed by atoms with E-state index in [1.807, 2.05) is 0 Å². The van der Waals surface area contributed by atoms with E-state index in [9.17, 15) is 0 Å². The first-order valence-electron chi connectivity index (χ1n) is 7.09. The topological polar surface area (TPSA) is 39.1 Å². The fraction of sp³-hybridized carbons (Fsp3) is 0.786. The Labute approximate surface area is 110 Å². The van der Waals surface area contributed by atoms with Crippen molar-refractivity contribution in [2.75, 3.05) is 20.3 Å². The largest absolute Gasteiger partial charge is 0.383 e. The maximum absolute atomic E-state index is 5.24. The highest BCUT2D eigenvalue weighted by atomic mass is 16.5. The van der Waals surface area contributed by atoms with Crippen LogP contribution in [-0.4, -0.2) is 36.1 Å². The van der Waals surface area contributed by atoms with E-state index in [-0.39, 0.29) is 0 Å². The Kier molecular flexibility index (Phi) is 5.20. The summed E-state index contributed by atoms with van der Waals surface area (Å²) in [6.45, 7) is 3.83. The number of hydrogen-bond donors (Lipinski definition) is 1. The first-order valence-corrected chi connectivity index (χ1v) is 7.09. The van der Waals surface area contributed by atoms with E-state index in [2.05, 4.69) is 29.2 Å². The van der Waals surface area contributed by atoms with Crippen LogP contribution >= 0.6 is 0 Å². The summed E-state index contributed by atoms with van der Waals surface area (Å²) in [5, 5.41) is 8.15. The van der Waals surface area contributed by atoms with Crippen LogP contribution < -0.4 is 5.32 Å². The smallest absolute Gasteiger partial charge is 0.0641 e. The molecule has 4 nitrogen and oxygen atoms in total. The first kappa shape index (κ1) is 13.6. The van der Waals surface area contributed by atoms with Crippen LogP contribution in [0, 0.1) is 0 Å². The highest BCUT2D eigenvalue weighted by molar-refractivity contribution is 5.02. The molecule has 1 aliphatic rings. The zero-order valence-corrected chi connectivity index (χ0v) is 11.6. The third-order valence-electron chi connectivity index (χ3n) is 3.68. The molecule has 0 aromatic carbocycles. The molecular formula is C14H25N3O. The van der Waals surface area contributed by atoms with Crippen LogP contribution in [-0.2, 0) is 11.2 Å². The highest BCUT2D eigenvalue weighted by Crippen LogP contribution is 2.28. The van der Waals surface area contributed by atoms with E-state index in [1.54, 1.807) is 7.11 Å². The quantitative estimate of drug-likeness (QED) is 0.807. The molecule has 1 N–H and O–H groups in total. The van der Waals surface area contributed by atoms with Crippen LogP contribution in [0.5, 0.6) is 0 Å². The first-order chi connectivity index (χ1) is 8.83. The Bertz CT molecular complexity index is 339. The third kappa shape index (κ3) is 3.56. The number of aromatic nitrogens is 2. The van der Waals surface area contributed by atoms with Crippen molar-refractivity contribution in [1.29, 1.82) is 0 Å². The second-order valence-electron chi connectivity index (χ2n) is 5.14. The van der Waals surface area contributed by atoms with Crippen LogP contribution in [0.25, 0.3) is 0 Å². The Morgan fingerprint density at radius 2 is 2.28 bits per heavy atom. The van der Waals surface area contributed by atoms with Crippen LogP contribution in [0.4, 0.5) is 0 Å². The fourth-order valence-electron chi connectivity index (χ4n) is 2.79. The Morgan fingerprint density at radius 1 is 1.50 bits per heavy atom. The summed E-state index contributed by atoms with van der Waals surface area (Å²) in [5.41, 5.74) is 1.17. The molecule has 0 saturated heterocycles. The SMILES string of the molecule is CCNC(COC)Cc1ccn(C2CCCC2)n1. The predicted octanol–water partition coefficient (Wildman–Crippen LogP) is 2.17. The van der Waals surface area contributed by atoms with Gasteiger partial charge in [-0.25, -0.2) is 0 Å². The summed E-state index contributed by atoms with van der Waals surface area (Å²) in [7, 11) is 1.75. The minimum atomic E-state index is 0.368. The van der Waals surface area contributed by atoms with E-state index in [0.717, 1.165) is 19.6 Å². The lowest BCUT2D eigenvalue weighted by molar-refractivity contribution is 0.166. The molecule has 0 bridgehead atoms. The third-order valence-corrected chi connectivity index (χ3v) is 3.68. The average Bonchev–Trinajstić information content (AvgIpc) is 2.98. The molecule has 2 rings (SSSR count). The van der Waals surface area contributed by atoms with Gasteiger partial charge in [-0.1, -0.05) is 19.8 Å². The lowest BCUT2D eigenvalue weighted by Gasteiger charge is -2.15. The zero-order chi connectivity index (χ0) is 12.8. The maximum Gasteiger partial charge on any atom is 0.0641 e. The van der Waals surface area contributed by atoms with E-state index in [1.165, 1.54) is 31.4 Å². The average molecular weight is 251 g/mol. The summed E-state index contributed by atoms with van der Waals surface area (Å²) in [6.07, 6.45) is 8.36. The molecule has 1 fully saturated rings. The van der Waals surface area contributed by atoms with E-state index in [4.69, 9.17) is 9.84 Å². The van der Waals surface area contributed by atoms with Gasteiger partial charge < -0.3 is 10.1 Å². The van der Waals surface area contributed by atoms with Gasteiger partial charge in [-0.2, -0.15) is 5.10 Å². The van der Waals surface area contributed by atoms with Gasteiger partial charge in [0.15, 0.2) is 0 Å². The summed E-state index contributed by atoms with van der Waals surface area (Å²) in [6, 6.07) is 3.16. The highest BCUT2D eigenvalue weighted by Gasteiger charge is 2.18. The van der Waals surface area contributed by atoms with Gasteiger partial charge in [0.1, 0.15) is 0 Å². The molecule has 1 aromatic rings. The van der Waals surface area contributed by atoms with Crippen LogP contribution in [0.3, 0.4) is 0 Å². The van der Waals surface area contributed by atoms with Gasteiger partial charge in [-0.15, -0.1) is 0 Å². The second kappa shape index (κ2) is 6.90. The predicted molar refractivity (Wildman–Crippen MR) is 72.8 cm³/mol. The standard InChI is InChI=1S/C14H25N3O/c1-3-15-13(11-18-2)10-12-8-9-17(16-12)14-6-4-5-7-14/h8-9,13-15H,3-7,10-11H2,1-2H3. The summed E-state index contributed by atoms with van der Waals surface area (Å²) < 4.78 is 7.40. The lowest BCUT2D eigenvalue weighted by Crippen LogP contribution is -2.35. The maximum atomic E-state index is 5.24. The number of nitrogens with one attached hydrogen (secondary N) is 1. The molecule has 4 heteroatoms. The number of methoxy groups -OCH3 is 1. The minimum absolute atomic E-state index is 0.368. The van der Waals surface area contributed by atoms with Crippen molar-refractivity contribution in [3.63, 3.8) is 0 Å². The number of nitrogens with zero attached hydrogens (tertiary/aromatic N) is 2. The van der Waals surface area contributed by atoms with Crippen LogP contribution in [0.1, 0.15) is 44.3 Å². The molecule has 1 aliphatic carbocycles. The zero-order valence-electron chi connectivity index (χ0n) is 11.6. The summed E-state index contributed by atoms with van der Waals surface area (Å²) in [4.78, 5) is 0. The number of likely N-dealkylation sites (N-methyl/N-ethyl adjacent to an activating group) is 1. The Morgan fingerprint density at radius 3 is 2.94 bits per heavy atom. The van der Waals surface area contributed by atoms with Gasteiger partial charge in [0.05, 0.1) is 18.3 Å². The molecule has 0 aliphatic heterocycles. The molecule has 1 unspecified atom stereocenters.